The Kier molecular flexibility index (Phi) is 8.18. The van der Waals surface area contributed by atoms with Crippen molar-refractivity contribution in [3.8, 4) is 0 Å². The molecule has 1 aliphatic rings. The number of benzene rings is 2. The molecule has 2 aromatic carbocycles. The molecule has 208 valence electrons. The maximum absolute atomic E-state index is 13.5. The largest absolute Gasteiger partial charge is 0.444 e. The van der Waals surface area contributed by atoms with Crippen LogP contribution in [0.1, 0.15) is 49.8 Å². The van der Waals surface area contributed by atoms with E-state index in [9.17, 15) is 40.3 Å². The Morgan fingerprint density at radius 3 is 1.97 bits per heavy atom. The fourth-order valence-electron chi connectivity index (χ4n) is 4.03. The summed E-state index contributed by atoms with van der Waals surface area (Å²) >= 11 is 0. The van der Waals surface area contributed by atoms with Crippen LogP contribution in [-0.2, 0) is 17.1 Å². The lowest BCUT2D eigenvalue weighted by Crippen LogP contribution is -2.52. The van der Waals surface area contributed by atoms with E-state index in [0.29, 0.717) is 17.7 Å². The molecule has 1 fully saturated rings. The highest BCUT2D eigenvalue weighted by molar-refractivity contribution is 5.89. The van der Waals surface area contributed by atoms with Crippen LogP contribution in [0, 0.1) is 5.82 Å². The predicted molar refractivity (Wildman–Crippen MR) is 124 cm³/mol. The molecule has 0 aromatic heterocycles. The number of hydrogen-bond acceptors (Lipinski definition) is 3. The fourth-order valence-corrected chi connectivity index (χ4v) is 4.03. The Bertz CT molecular complexity index is 1130. The van der Waals surface area contributed by atoms with E-state index in [-0.39, 0.29) is 25.6 Å². The summed E-state index contributed by atoms with van der Waals surface area (Å²) in [5, 5.41) is 4.61. The summed E-state index contributed by atoms with van der Waals surface area (Å²) in [4.78, 5) is 26.7. The normalized spacial score (nSPS) is 18.6. The number of carbonyl (C=O) groups excluding carboxylic acids is 2. The SMILES string of the molecule is CC(C)(C)OC(=O)N1CC[C@@H](NC(=O)Nc2cc(C(F)(F)F)cc(C(F)(F)F)c2)[C@H](c2ccc(F)cc2)C1. The molecule has 0 spiro atoms. The topological polar surface area (TPSA) is 70.7 Å². The molecule has 3 rings (SSSR count). The molecule has 1 heterocycles. The third-order valence-electron chi connectivity index (χ3n) is 5.72. The first-order valence-corrected chi connectivity index (χ1v) is 11.5. The monoisotopic (exact) mass is 549 g/mol. The summed E-state index contributed by atoms with van der Waals surface area (Å²) in [5.74, 6) is -1.09. The molecule has 2 N–H and O–H groups in total. The van der Waals surface area contributed by atoms with Gasteiger partial charge in [-0.25, -0.2) is 14.0 Å². The number of amides is 3. The molecule has 6 nitrogen and oxygen atoms in total. The van der Waals surface area contributed by atoms with Crippen molar-refractivity contribution < 1.29 is 45.1 Å². The number of ether oxygens (including phenoxy) is 1. The number of nitrogens with zero attached hydrogens (tertiary/aromatic N) is 1. The first-order chi connectivity index (χ1) is 17.4. The van der Waals surface area contributed by atoms with E-state index >= 15 is 0 Å². The molecular weight excluding hydrogens is 523 g/mol. The number of piperidine rings is 1. The van der Waals surface area contributed by atoms with E-state index < -0.39 is 64.7 Å². The number of alkyl halides is 6. The molecule has 1 aliphatic heterocycles. The van der Waals surface area contributed by atoms with Crippen molar-refractivity contribution >= 4 is 17.8 Å². The van der Waals surface area contributed by atoms with Gasteiger partial charge in [0.15, 0.2) is 0 Å². The minimum absolute atomic E-state index is 0.0416. The van der Waals surface area contributed by atoms with E-state index in [1.165, 1.54) is 29.2 Å². The standard InChI is InChI=1S/C25H26F7N3O3/c1-23(2,3)38-22(37)35-9-8-20(19(13-35)14-4-6-17(26)7-5-14)34-21(36)33-18-11-15(24(27,28)29)10-16(12-18)25(30,31)32/h4-7,10-12,19-20H,8-9,13H2,1-3H3,(H2,33,34,36)/t19-,20+/m0/s1. The summed E-state index contributed by atoms with van der Waals surface area (Å²) in [5.41, 5.74) is -4.05. The van der Waals surface area contributed by atoms with Gasteiger partial charge < -0.3 is 20.3 Å². The van der Waals surface area contributed by atoms with E-state index in [0.717, 1.165) is 0 Å². The molecule has 3 amide bonds. The second-order valence-electron chi connectivity index (χ2n) is 9.87. The summed E-state index contributed by atoms with van der Waals surface area (Å²) < 4.78 is 97.8. The minimum Gasteiger partial charge on any atom is -0.444 e. The lowest BCUT2D eigenvalue weighted by molar-refractivity contribution is -0.143. The van der Waals surface area contributed by atoms with Crippen LogP contribution in [-0.4, -0.2) is 41.8 Å². The van der Waals surface area contributed by atoms with Crippen molar-refractivity contribution in [3.05, 3.63) is 65.0 Å². The number of halogens is 7. The van der Waals surface area contributed by atoms with E-state index in [1.807, 2.05) is 5.32 Å². The molecule has 1 saturated heterocycles. The molecule has 2 atom stereocenters. The third-order valence-corrected chi connectivity index (χ3v) is 5.72. The van der Waals surface area contributed by atoms with Crippen LogP contribution in [0.15, 0.2) is 42.5 Å². The van der Waals surface area contributed by atoms with Crippen molar-refractivity contribution in [2.75, 3.05) is 18.4 Å². The Labute approximate surface area is 214 Å². The first-order valence-electron chi connectivity index (χ1n) is 11.5. The van der Waals surface area contributed by atoms with E-state index in [1.54, 1.807) is 20.8 Å². The van der Waals surface area contributed by atoms with Crippen molar-refractivity contribution in [3.63, 3.8) is 0 Å². The highest BCUT2D eigenvalue weighted by atomic mass is 19.4. The molecule has 0 radical (unpaired) electrons. The number of urea groups is 1. The number of hydrogen-bond donors (Lipinski definition) is 2. The Morgan fingerprint density at radius 2 is 1.47 bits per heavy atom. The van der Waals surface area contributed by atoms with Gasteiger partial charge in [0, 0.05) is 30.7 Å². The molecule has 0 saturated carbocycles. The van der Waals surface area contributed by atoms with Gasteiger partial charge in [-0.1, -0.05) is 12.1 Å². The smallest absolute Gasteiger partial charge is 0.416 e. The summed E-state index contributed by atoms with van der Waals surface area (Å²) in [6, 6.07) is 4.35. The predicted octanol–water partition coefficient (Wildman–Crippen LogP) is 6.78. The lowest BCUT2D eigenvalue weighted by Gasteiger charge is -2.39. The third kappa shape index (κ3) is 7.75. The lowest BCUT2D eigenvalue weighted by atomic mass is 9.86. The van der Waals surface area contributed by atoms with Crippen LogP contribution in [0.3, 0.4) is 0 Å². The van der Waals surface area contributed by atoms with Crippen LogP contribution in [0.2, 0.25) is 0 Å². The number of rotatable bonds is 3. The molecule has 0 bridgehead atoms. The molecule has 0 unspecified atom stereocenters. The van der Waals surface area contributed by atoms with Gasteiger partial charge in [0.1, 0.15) is 11.4 Å². The maximum atomic E-state index is 13.5. The summed E-state index contributed by atoms with van der Waals surface area (Å²) in [6.45, 7) is 5.30. The number of carbonyl (C=O) groups is 2. The van der Waals surface area contributed by atoms with Gasteiger partial charge in [-0.15, -0.1) is 0 Å². The van der Waals surface area contributed by atoms with Crippen LogP contribution in [0.5, 0.6) is 0 Å². The molecule has 0 aliphatic carbocycles. The Morgan fingerprint density at radius 1 is 0.921 bits per heavy atom. The Hall–Kier alpha value is -3.51. The molecular formula is C25H26F7N3O3. The van der Waals surface area contributed by atoms with Crippen molar-refractivity contribution in [1.82, 2.24) is 10.2 Å². The second-order valence-corrected chi connectivity index (χ2v) is 9.87. The summed E-state index contributed by atoms with van der Waals surface area (Å²) in [6.07, 6.45) is -10.6. The molecule has 2 aromatic rings. The second kappa shape index (κ2) is 10.7. The number of anilines is 1. The van der Waals surface area contributed by atoms with Crippen molar-refractivity contribution in [2.45, 2.75) is 57.1 Å². The van der Waals surface area contributed by atoms with Gasteiger partial charge in [0.25, 0.3) is 0 Å². The van der Waals surface area contributed by atoms with Crippen LogP contribution in [0.25, 0.3) is 0 Å². The maximum Gasteiger partial charge on any atom is 0.416 e. The van der Waals surface area contributed by atoms with Gasteiger partial charge in [0.05, 0.1) is 11.1 Å². The quantitative estimate of drug-likeness (QED) is 0.415. The van der Waals surface area contributed by atoms with Crippen molar-refractivity contribution in [2.24, 2.45) is 0 Å². The number of nitrogens with one attached hydrogen (secondary N) is 2. The van der Waals surface area contributed by atoms with Gasteiger partial charge in [0.2, 0.25) is 0 Å². The van der Waals surface area contributed by atoms with Crippen LogP contribution < -0.4 is 10.6 Å². The zero-order chi connectivity index (χ0) is 28.5. The highest BCUT2D eigenvalue weighted by Gasteiger charge is 2.38. The van der Waals surface area contributed by atoms with Gasteiger partial charge in [-0.05, 0) is 63.1 Å². The zero-order valence-electron chi connectivity index (χ0n) is 20.6. The molecule has 38 heavy (non-hydrogen) atoms. The zero-order valence-corrected chi connectivity index (χ0v) is 20.6. The van der Waals surface area contributed by atoms with Gasteiger partial charge in [-0.3, -0.25) is 0 Å². The summed E-state index contributed by atoms with van der Waals surface area (Å²) in [7, 11) is 0. The first kappa shape index (κ1) is 29.1. The van der Waals surface area contributed by atoms with Gasteiger partial charge in [-0.2, -0.15) is 26.3 Å². The van der Waals surface area contributed by atoms with Gasteiger partial charge >= 0.3 is 24.5 Å². The van der Waals surface area contributed by atoms with Crippen LogP contribution >= 0.6 is 0 Å². The Balaban J connectivity index is 1.82. The van der Waals surface area contributed by atoms with Crippen LogP contribution in [0.4, 0.5) is 46.0 Å². The fraction of sp³-hybridized carbons (Fsp3) is 0.440. The van der Waals surface area contributed by atoms with E-state index in [4.69, 9.17) is 4.74 Å². The average Bonchev–Trinajstić information content (AvgIpc) is 2.77. The van der Waals surface area contributed by atoms with E-state index in [2.05, 4.69) is 5.32 Å². The molecule has 13 heteroatoms. The minimum atomic E-state index is -5.07. The highest BCUT2D eigenvalue weighted by Crippen LogP contribution is 2.37. The average molecular weight is 549 g/mol. The van der Waals surface area contributed by atoms with Crippen molar-refractivity contribution in [1.29, 1.82) is 0 Å². The number of likely N-dealkylation sites (tertiary alicyclic amines) is 1.